The molecule has 1 fully saturated rings. The summed E-state index contributed by atoms with van der Waals surface area (Å²) in [5, 5.41) is 8.01. The maximum atomic E-state index is 13.8. The van der Waals surface area contributed by atoms with Gasteiger partial charge in [-0.25, -0.2) is 9.13 Å². The van der Waals surface area contributed by atoms with Gasteiger partial charge in [0, 0.05) is 0 Å². The van der Waals surface area contributed by atoms with Gasteiger partial charge in [0.05, 0.1) is 0 Å². The quantitative estimate of drug-likeness (QED) is 0.570. The predicted molar refractivity (Wildman–Crippen MR) is 44.6 cm³/mol. The van der Waals surface area contributed by atoms with Gasteiger partial charge < -0.3 is 5.11 Å². The molecule has 1 rings (SSSR count). The Hall–Kier alpha value is -1.10. The predicted octanol–water partition coefficient (Wildman–Crippen LogP) is 3.55. The van der Waals surface area contributed by atoms with Crippen molar-refractivity contribution in [2.24, 2.45) is 0 Å². The minimum Gasteiger partial charge on any atom is -0.390 e. The van der Waals surface area contributed by atoms with Crippen molar-refractivity contribution in [2.75, 3.05) is 6.61 Å². The van der Waals surface area contributed by atoms with Gasteiger partial charge in [0.15, 0.2) is 0 Å². The lowest BCUT2D eigenvalue weighted by Gasteiger charge is -2.53. The van der Waals surface area contributed by atoms with Crippen LogP contribution in [0.25, 0.3) is 0 Å². The molecular weight excluding hydrogens is 408 g/mol. The second-order valence-electron chi connectivity index (χ2n) is 4.54. The molecule has 0 aromatic carbocycles. The Morgan fingerprint density at radius 2 is 1.04 bits per heavy atom. The van der Waals surface area contributed by atoms with Crippen LogP contribution in [0.2, 0.25) is 0 Å². The average molecular weight is 411 g/mol. The molecule has 0 aromatic rings. The largest absolute Gasteiger partial charge is 0.443 e. The molecule has 1 unspecified atom stereocenters. The standard InChI is InChI=1S/C8H3F14NO2/c9-2(10,1-24)3(11,4(12,13)14)23-5(15,16)7(19,20)25-8(21,22)6(23,17)18/h24H,1H2. The summed E-state index contributed by atoms with van der Waals surface area (Å²) in [5.41, 5.74) is 0. The molecule has 0 bridgehead atoms. The van der Waals surface area contributed by atoms with Gasteiger partial charge >= 0.3 is 42.2 Å². The fraction of sp³-hybridized carbons (Fsp3) is 1.00. The molecule has 17 heteroatoms. The molecule has 0 amide bonds. The van der Waals surface area contributed by atoms with Gasteiger partial charge in [0.25, 0.3) is 0 Å². The van der Waals surface area contributed by atoms with E-state index >= 15 is 0 Å². The number of nitrogens with zero attached hydrogens (tertiary/aromatic N) is 1. The Morgan fingerprint density at radius 1 is 0.720 bits per heavy atom. The van der Waals surface area contributed by atoms with Crippen LogP contribution in [0.1, 0.15) is 0 Å². The number of hydrogen-bond donors (Lipinski definition) is 1. The van der Waals surface area contributed by atoms with Crippen molar-refractivity contribution in [2.45, 2.75) is 42.2 Å². The third kappa shape index (κ3) is 2.61. The van der Waals surface area contributed by atoms with Gasteiger partial charge in [-0.2, -0.15) is 57.1 Å². The number of hydrogen-bond acceptors (Lipinski definition) is 3. The van der Waals surface area contributed by atoms with Crippen molar-refractivity contribution in [1.82, 2.24) is 4.90 Å². The summed E-state index contributed by atoms with van der Waals surface area (Å²) in [5.74, 6) is -14.3. The number of aliphatic hydroxyl groups is 1. The SMILES string of the molecule is OCC(F)(F)C(F)(N1C(F)(F)C(F)(F)OC(F)(F)C1(F)F)C(F)(F)F. The van der Waals surface area contributed by atoms with E-state index in [2.05, 4.69) is 0 Å². The molecule has 1 saturated heterocycles. The van der Waals surface area contributed by atoms with Gasteiger partial charge in [0.1, 0.15) is 6.61 Å². The van der Waals surface area contributed by atoms with Gasteiger partial charge in [-0.15, -0.1) is 4.90 Å². The summed E-state index contributed by atoms with van der Waals surface area (Å²) in [6, 6.07) is -14.7. The first-order valence-electron chi connectivity index (χ1n) is 5.39. The summed E-state index contributed by atoms with van der Waals surface area (Å²) in [4.78, 5) is -4.04. The average Bonchev–Trinajstić information content (AvgIpc) is 2.33. The second kappa shape index (κ2) is 5.21. The third-order valence-corrected chi connectivity index (χ3v) is 2.89. The molecule has 0 spiro atoms. The summed E-state index contributed by atoms with van der Waals surface area (Å²) >= 11 is 0. The van der Waals surface area contributed by atoms with Crippen molar-refractivity contribution in [1.29, 1.82) is 0 Å². The zero-order valence-corrected chi connectivity index (χ0v) is 10.8. The molecular formula is C8H3F14NO2. The van der Waals surface area contributed by atoms with Crippen LogP contribution < -0.4 is 0 Å². The number of ether oxygens (including phenoxy) is 1. The van der Waals surface area contributed by atoms with Gasteiger partial charge in [0.2, 0.25) is 0 Å². The van der Waals surface area contributed by atoms with Crippen LogP contribution in [0.15, 0.2) is 0 Å². The van der Waals surface area contributed by atoms with Crippen molar-refractivity contribution in [3.63, 3.8) is 0 Å². The molecule has 0 aliphatic carbocycles. The summed E-state index contributed by atoms with van der Waals surface area (Å²) in [6.45, 7) is -3.44. The Balaban J connectivity index is 3.92. The number of aliphatic hydroxyl groups excluding tert-OH is 1. The minimum absolute atomic E-state index is 1.73. The van der Waals surface area contributed by atoms with Crippen molar-refractivity contribution < 1.29 is 71.3 Å². The molecule has 0 aromatic heterocycles. The van der Waals surface area contributed by atoms with E-state index in [0.29, 0.717) is 0 Å². The Bertz CT molecular complexity index is 503. The Kier molecular flexibility index (Phi) is 4.58. The van der Waals surface area contributed by atoms with E-state index in [9.17, 15) is 61.5 Å². The van der Waals surface area contributed by atoms with Crippen LogP contribution >= 0.6 is 0 Å². The highest BCUT2D eigenvalue weighted by Crippen LogP contribution is 2.63. The lowest BCUT2D eigenvalue weighted by atomic mass is 10.0. The lowest BCUT2D eigenvalue weighted by Crippen LogP contribution is -2.83. The van der Waals surface area contributed by atoms with Gasteiger partial charge in [-0.1, -0.05) is 0 Å². The van der Waals surface area contributed by atoms with E-state index in [4.69, 9.17) is 5.11 Å². The van der Waals surface area contributed by atoms with Crippen LogP contribution in [0.3, 0.4) is 0 Å². The van der Waals surface area contributed by atoms with Crippen molar-refractivity contribution >= 4 is 0 Å². The number of rotatable bonds is 3. The maximum absolute atomic E-state index is 13.8. The Labute approximate surface area is 126 Å². The monoisotopic (exact) mass is 411 g/mol. The fourth-order valence-electron chi connectivity index (χ4n) is 1.71. The molecule has 1 aliphatic rings. The summed E-state index contributed by atoms with van der Waals surface area (Å²) in [6.07, 6.45) is -21.5. The maximum Gasteiger partial charge on any atom is 0.443 e. The summed E-state index contributed by atoms with van der Waals surface area (Å²) < 4.78 is 184. The zero-order chi connectivity index (χ0) is 20.5. The molecule has 150 valence electrons. The zero-order valence-electron chi connectivity index (χ0n) is 10.8. The molecule has 1 heterocycles. The van der Waals surface area contributed by atoms with E-state index in [0.717, 1.165) is 0 Å². The van der Waals surface area contributed by atoms with Crippen LogP contribution in [0.5, 0.6) is 0 Å². The molecule has 0 radical (unpaired) electrons. The van der Waals surface area contributed by atoms with Crippen molar-refractivity contribution in [3.05, 3.63) is 0 Å². The van der Waals surface area contributed by atoms with E-state index in [-0.39, 0.29) is 0 Å². The molecule has 1 aliphatic heterocycles. The fourth-order valence-corrected chi connectivity index (χ4v) is 1.71. The van der Waals surface area contributed by atoms with Crippen LogP contribution in [-0.2, 0) is 4.74 Å². The first kappa shape index (κ1) is 21.9. The van der Waals surface area contributed by atoms with E-state index in [1.165, 1.54) is 0 Å². The van der Waals surface area contributed by atoms with E-state index in [1.807, 2.05) is 0 Å². The Morgan fingerprint density at radius 3 is 1.28 bits per heavy atom. The van der Waals surface area contributed by atoms with Crippen LogP contribution in [0.4, 0.5) is 61.5 Å². The first-order chi connectivity index (χ1) is 10.6. The normalized spacial score (nSPS) is 28.4. The van der Waals surface area contributed by atoms with Gasteiger partial charge in [-0.05, 0) is 0 Å². The molecule has 0 saturated carbocycles. The topological polar surface area (TPSA) is 32.7 Å². The van der Waals surface area contributed by atoms with Crippen LogP contribution in [0, 0.1) is 0 Å². The number of morpholine rings is 1. The minimum atomic E-state index is -7.59. The highest BCUT2D eigenvalue weighted by Gasteiger charge is 2.92. The summed E-state index contributed by atoms with van der Waals surface area (Å²) in [7, 11) is 0. The third-order valence-electron chi connectivity index (χ3n) is 2.89. The molecule has 1 atom stereocenters. The highest BCUT2D eigenvalue weighted by molar-refractivity contribution is 5.08. The first-order valence-corrected chi connectivity index (χ1v) is 5.39. The van der Waals surface area contributed by atoms with Crippen molar-refractivity contribution in [3.8, 4) is 0 Å². The van der Waals surface area contributed by atoms with Gasteiger partial charge in [-0.3, -0.25) is 0 Å². The smallest absolute Gasteiger partial charge is 0.390 e. The molecule has 25 heavy (non-hydrogen) atoms. The van der Waals surface area contributed by atoms with E-state index in [1.54, 1.807) is 4.74 Å². The molecule has 1 N–H and O–H groups in total. The van der Waals surface area contributed by atoms with E-state index < -0.39 is 53.7 Å². The molecule has 3 nitrogen and oxygen atoms in total. The highest BCUT2D eigenvalue weighted by atomic mass is 19.4. The second-order valence-corrected chi connectivity index (χ2v) is 4.54. The lowest BCUT2D eigenvalue weighted by molar-refractivity contribution is -0.595. The van der Waals surface area contributed by atoms with Crippen LogP contribution in [-0.4, -0.2) is 58.8 Å². The number of halogens is 14. The number of alkyl halides is 14.